The van der Waals surface area contributed by atoms with Gasteiger partial charge in [-0.15, -0.1) is 0 Å². The van der Waals surface area contributed by atoms with E-state index in [0.717, 1.165) is 5.56 Å². The number of rotatable bonds is 6. The predicted octanol–water partition coefficient (Wildman–Crippen LogP) is 3.76. The lowest BCUT2D eigenvalue weighted by Gasteiger charge is -2.32. The molecule has 33 heavy (non-hydrogen) atoms. The van der Waals surface area contributed by atoms with Gasteiger partial charge in [-0.25, -0.2) is 8.42 Å². The first-order valence-electron chi connectivity index (χ1n) is 10.6. The highest BCUT2D eigenvalue weighted by atomic mass is 35.5. The molecule has 0 aliphatic carbocycles. The van der Waals surface area contributed by atoms with E-state index in [1.54, 1.807) is 48.3 Å². The van der Waals surface area contributed by atoms with Crippen molar-refractivity contribution >= 4 is 27.5 Å². The lowest BCUT2D eigenvalue weighted by atomic mass is 9.97. The van der Waals surface area contributed by atoms with Crippen molar-refractivity contribution in [2.75, 3.05) is 20.1 Å². The third kappa shape index (κ3) is 5.10. The Hall–Kier alpha value is -2.75. The number of hydrogen-bond acceptors (Lipinski definition) is 6. The summed E-state index contributed by atoms with van der Waals surface area (Å²) >= 11 is 6.18. The number of nitrogens with zero attached hydrogens (tertiary/aromatic N) is 4. The number of benzene rings is 2. The van der Waals surface area contributed by atoms with Gasteiger partial charge in [-0.1, -0.05) is 46.6 Å². The van der Waals surface area contributed by atoms with Gasteiger partial charge in [0.15, 0.2) is 0 Å². The number of carbonyl (C=O) groups is 1. The Morgan fingerprint density at radius 3 is 2.48 bits per heavy atom. The van der Waals surface area contributed by atoms with E-state index >= 15 is 0 Å². The zero-order valence-electron chi connectivity index (χ0n) is 18.4. The first-order chi connectivity index (χ1) is 15.8. The average molecular weight is 489 g/mol. The number of halogens is 1. The molecule has 1 aromatic heterocycles. The van der Waals surface area contributed by atoms with Crippen molar-refractivity contribution < 1.29 is 17.7 Å². The van der Waals surface area contributed by atoms with E-state index in [-0.39, 0.29) is 23.3 Å². The van der Waals surface area contributed by atoms with Gasteiger partial charge in [-0.3, -0.25) is 4.79 Å². The number of carbonyl (C=O) groups excluding carboxylic acids is 1. The smallest absolute Gasteiger partial charge is 0.246 e. The van der Waals surface area contributed by atoms with Crippen molar-refractivity contribution in [3.8, 4) is 11.4 Å². The Morgan fingerprint density at radius 2 is 1.82 bits per heavy atom. The molecule has 0 unspecified atom stereocenters. The summed E-state index contributed by atoms with van der Waals surface area (Å²) in [4.78, 5) is 19.1. The van der Waals surface area contributed by atoms with Gasteiger partial charge in [-0.05, 0) is 44.0 Å². The summed E-state index contributed by atoms with van der Waals surface area (Å²) in [5.74, 6) is 0.344. The second kappa shape index (κ2) is 9.62. The molecule has 0 bridgehead atoms. The van der Waals surface area contributed by atoms with Crippen LogP contribution in [0.1, 0.15) is 24.3 Å². The number of sulfonamides is 1. The fraction of sp³-hybridized carbons (Fsp3) is 0.348. The van der Waals surface area contributed by atoms with Gasteiger partial charge in [0.2, 0.25) is 27.6 Å². The van der Waals surface area contributed by atoms with E-state index in [0.29, 0.717) is 48.2 Å². The number of amides is 1. The van der Waals surface area contributed by atoms with Crippen molar-refractivity contribution in [2.24, 2.45) is 5.92 Å². The van der Waals surface area contributed by atoms with Crippen LogP contribution in [0.25, 0.3) is 11.4 Å². The summed E-state index contributed by atoms with van der Waals surface area (Å²) in [6.45, 7) is 2.68. The molecule has 2 heterocycles. The topological polar surface area (TPSA) is 96.6 Å². The molecular weight excluding hydrogens is 464 g/mol. The lowest BCUT2D eigenvalue weighted by Crippen LogP contribution is -2.43. The number of hydrogen-bond donors (Lipinski definition) is 0. The third-order valence-electron chi connectivity index (χ3n) is 5.79. The summed E-state index contributed by atoms with van der Waals surface area (Å²) in [5, 5.41) is 4.48. The molecule has 1 amide bonds. The van der Waals surface area contributed by atoms with Gasteiger partial charge >= 0.3 is 0 Å². The molecule has 4 rings (SSSR count). The second-order valence-corrected chi connectivity index (χ2v) is 10.5. The molecule has 1 aliphatic rings. The van der Waals surface area contributed by atoms with Crippen molar-refractivity contribution in [2.45, 2.75) is 31.2 Å². The zero-order valence-corrected chi connectivity index (χ0v) is 20.0. The molecule has 3 aromatic rings. The molecule has 2 aromatic carbocycles. The van der Waals surface area contributed by atoms with Crippen LogP contribution in [0.4, 0.5) is 0 Å². The van der Waals surface area contributed by atoms with Gasteiger partial charge in [0, 0.05) is 31.6 Å². The first kappa shape index (κ1) is 23.4. The Balaban J connectivity index is 1.35. The van der Waals surface area contributed by atoms with Crippen LogP contribution < -0.4 is 0 Å². The highest BCUT2D eigenvalue weighted by Gasteiger charge is 2.33. The van der Waals surface area contributed by atoms with Crippen molar-refractivity contribution in [1.29, 1.82) is 0 Å². The normalized spacial score (nSPS) is 15.5. The van der Waals surface area contributed by atoms with Crippen molar-refractivity contribution in [3.05, 3.63) is 65.0 Å². The summed E-state index contributed by atoms with van der Waals surface area (Å²) < 4.78 is 32.5. The van der Waals surface area contributed by atoms with Crippen LogP contribution in [0.15, 0.2) is 57.9 Å². The molecular formula is C23H25ClN4O4S. The Labute approximate surface area is 198 Å². The van der Waals surface area contributed by atoms with Crippen LogP contribution in [0.3, 0.4) is 0 Å². The lowest BCUT2D eigenvalue weighted by molar-refractivity contribution is -0.136. The molecule has 0 atom stereocenters. The summed E-state index contributed by atoms with van der Waals surface area (Å²) in [6, 6.07) is 14.0. The Kier molecular flexibility index (Phi) is 6.83. The molecule has 1 aliphatic heterocycles. The second-order valence-electron chi connectivity index (χ2n) is 8.18. The fourth-order valence-corrected chi connectivity index (χ4v) is 5.56. The van der Waals surface area contributed by atoms with Crippen LogP contribution in [-0.2, 0) is 21.4 Å². The minimum Gasteiger partial charge on any atom is -0.337 e. The average Bonchev–Trinajstić information content (AvgIpc) is 3.27. The molecule has 1 fully saturated rings. The molecule has 8 nitrogen and oxygen atoms in total. The molecule has 0 saturated carbocycles. The van der Waals surface area contributed by atoms with Gasteiger partial charge in [0.25, 0.3) is 0 Å². The summed E-state index contributed by atoms with van der Waals surface area (Å²) in [5.41, 5.74) is 1.66. The van der Waals surface area contributed by atoms with E-state index in [2.05, 4.69) is 10.1 Å². The Bertz CT molecular complexity index is 1240. The van der Waals surface area contributed by atoms with E-state index < -0.39 is 10.0 Å². The minimum atomic E-state index is -3.56. The third-order valence-corrected chi connectivity index (χ3v) is 8.04. The molecule has 174 valence electrons. The standard InChI is InChI=1S/C23H25ClN4O4S/c1-16-7-9-18(10-8-16)33(30,31)28-13-11-17(12-14-28)23(29)27(2)15-21-25-22(26-32-21)19-5-3-4-6-20(19)24/h3-10,17H,11-15H2,1-2H3. The monoisotopic (exact) mass is 488 g/mol. The fourth-order valence-electron chi connectivity index (χ4n) is 3.87. The van der Waals surface area contributed by atoms with E-state index in [4.69, 9.17) is 16.1 Å². The van der Waals surface area contributed by atoms with Gasteiger partial charge in [-0.2, -0.15) is 9.29 Å². The first-order valence-corrected chi connectivity index (χ1v) is 12.5. The maximum absolute atomic E-state index is 12.9. The number of piperidine rings is 1. The SMILES string of the molecule is Cc1ccc(S(=O)(=O)N2CCC(C(=O)N(C)Cc3nc(-c4ccccc4Cl)no3)CC2)cc1. The number of aromatic nitrogens is 2. The molecule has 10 heteroatoms. The minimum absolute atomic E-state index is 0.0696. The van der Waals surface area contributed by atoms with Crippen LogP contribution in [-0.4, -0.2) is 53.8 Å². The van der Waals surface area contributed by atoms with Crippen molar-refractivity contribution in [3.63, 3.8) is 0 Å². The highest BCUT2D eigenvalue weighted by Crippen LogP contribution is 2.27. The zero-order chi connectivity index (χ0) is 23.6. The van der Waals surface area contributed by atoms with Crippen LogP contribution in [0, 0.1) is 12.8 Å². The molecule has 0 spiro atoms. The summed E-state index contributed by atoms with van der Waals surface area (Å²) in [6.07, 6.45) is 0.923. The quantitative estimate of drug-likeness (QED) is 0.524. The largest absolute Gasteiger partial charge is 0.337 e. The van der Waals surface area contributed by atoms with Gasteiger partial charge in [0.1, 0.15) is 0 Å². The summed E-state index contributed by atoms with van der Waals surface area (Å²) in [7, 11) is -1.88. The van der Waals surface area contributed by atoms with Crippen molar-refractivity contribution in [1.82, 2.24) is 19.3 Å². The molecule has 0 N–H and O–H groups in total. The van der Waals surface area contributed by atoms with Crippen LogP contribution in [0.2, 0.25) is 5.02 Å². The number of aryl methyl sites for hydroxylation is 1. The predicted molar refractivity (Wildman–Crippen MR) is 124 cm³/mol. The maximum atomic E-state index is 12.9. The van der Waals surface area contributed by atoms with Crippen LogP contribution in [0.5, 0.6) is 0 Å². The van der Waals surface area contributed by atoms with Crippen LogP contribution >= 0.6 is 11.6 Å². The molecule has 1 saturated heterocycles. The van der Waals surface area contributed by atoms with Gasteiger partial charge < -0.3 is 9.42 Å². The van der Waals surface area contributed by atoms with Gasteiger partial charge in [0.05, 0.1) is 16.5 Å². The molecule has 0 radical (unpaired) electrons. The highest BCUT2D eigenvalue weighted by molar-refractivity contribution is 7.89. The van der Waals surface area contributed by atoms with E-state index in [1.807, 2.05) is 19.1 Å². The van der Waals surface area contributed by atoms with E-state index in [1.165, 1.54) is 4.31 Å². The Morgan fingerprint density at radius 1 is 1.15 bits per heavy atom. The van der Waals surface area contributed by atoms with E-state index in [9.17, 15) is 13.2 Å². The maximum Gasteiger partial charge on any atom is 0.246 e.